The molecule has 3 aromatic rings. The first kappa shape index (κ1) is 30.8. The van der Waals surface area contributed by atoms with Gasteiger partial charge in [0.05, 0.1) is 7.11 Å². The van der Waals surface area contributed by atoms with Crippen LogP contribution in [-0.2, 0) is 19.4 Å². The van der Waals surface area contributed by atoms with Crippen molar-refractivity contribution in [2.24, 2.45) is 0 Å². The number of piperidine rings is 1. The smallest absolute Gasteiger partial charge is 0.165 e. The Labute approximate surface area is 239 Å². The van der Waals surface area contributed by atoms with E-state index in [0.717, 1.165) is 43.1 Å². The fourth-order valence-electron chi connectivity index (χ4n) is 5.16. The van der Waals surface area contributed by atoms with Crippen molar-refractivity contribution in [3.05, 3.63) is 83.2 Å². The lowest BCUT2D eigenvalue weighted by atomic mass is 9.92. The lowest BCUT2D eigenvalue weighted by Gasteiger charge is -2.26. The maximum absolute atomic E-state index is 14.4. The first-order valence-electron chi connectivity index (χ1n) is 14.1. The van der Waals surface area contributed by atoms with Gasteiger partial charge in [0.25, 0.3) is 0 Å². The molecule has 3 aromatic carbocycles. The molecule has 0 unspecified atom stereocenters. The van der Waals surface area contributed by atoms with Crippen LogP contribution in [0.1, 0.15) is 48.8 Å². The third-order valence-electron chi connectivity index (χ3n) is 7.36. The summed E-state index contributed by atoms with van der Waals surface area (Å²) in [4.78, 5) is 4.45. The van der Waals surface area contributed by atoms with E-state index in [1.54, 1.807) is 25.3 Å². The molecule has 214 valence electrons. The molecule has 0 radical (unpaired) electrons. The fourth-order valence-corrected chi connectivity index (χ4v) is 5.16. The van der Waals surface area contributed by atoms with Crippen molar-refractivity contribution in [1.29, 1.82) is 0 Å². The van der Waals surface area contributed by atoms with Crippen LogP contribution in [0.2, 0.25) is 0 Å². The Bertz CT molecular complexity index is 1210. The second-order valence-electron chi connectivity index (χ2n) is 10.2. The number of phenolic OH excluding ortho intramolecular Hbond substituents is 1. The summed E-state index contributed by atoms with van der Waals surface area (Å²) in [6, 6.07) is 18.8. The zero-order valence-electron chi connectivity index (χ0n) is 23.9. The number of terminal acetylenes is 1. The molecule has 2 aliphatic rings. The number of fused-ring (bicyclic) bond motifs is 1. The van der Waals surface area contributed by atoms with Crippen LogP contribution >= 0.6 is 0 Å². The predicted molar refractivity (Wildman–Crippen MR) is 162 cm³/mol. The minimum atomic E-state index is -0.301. The van der Waals surface area contributed by atoms with Crippen molar-refractivity contribution in [2.45, 2.75) is 51.5 Å². The molecule has 1 aliphatic heterocycles. The summed E-state index contributed by atoms with van der Waals surface area (Å²) in [5, 5.41) is 9.19. The number of methoxy groups -OCH3 is 1. The van der Waals surface area contributed by atoms with Crippen molar-refractivity contribution in [2.75, 3.05) is 45.3 Å². The van der Waals surface area contributed by atoms with Crippen LogP contribution in [-0.4, -0.2) is 50.4 Å². The minimum absolute atomic E-state index is 0.301. The number of phenols is 1. The zero-order valence-corrected chi connectivity index (χ0v) is 23.9. The molecular formula is C34H43FN2O3. The molecule has 0 bridgehead atoms. The normalized spacial score (nSPS) is 14.4. The monoisotopic (exact) mass is 546 g/mol. The number of halogens is 1. The molecule has 0 saturated carbocycles. The van der Waals surface area contributed by atoms with Gasteiger partial charge in [-0.2, -0.15) is 0 Å². The molecule has 1 N–H and O–H groups in total. The molecule has 6 heteroatoms. The van der Waals surface area contributed by atoms with Gasteiger partial charge < -0.3 is 19.5 Å². The second-order valence-corrected chi connectivity index (χ2v) is 10.2. The van der Waals surface area contributed by atoms with E-state index in [9.17, 15) is 9.50 Å². The lowest BCUT2D eigenvalue weighted by Crippen LogP contribution is -2.33. The van der Waals surface area contributed by atoms with Crippen LogP contribution < -0.4 is 14.4 Å². The van der Waals surface area contributed by atoms with Gasteiger partial charge in [0.1, 0.15) is 18.1 Å². The first-order valence-corrected chi connectivity index (χ1v) is 14.1. The predicted octanol–water partition coefficient (Wildman–Crippen LogP) is 6.86. The highest BCUT2D eigenvalue weighted by Crippen LogP contribution is 2.25. The highest BCUT2D eigenvalue weighted by atomic mass is 19.1. The number of nitrogens with zero attached hydrogens (tertiary/aromatic N) is 2. The number of likely N-dealkylation sites (tertiary alicyclic amines) is 1. The van der Waals surface area contributed by atoms with Gasteiger partial charge in [-0.1, -0.05) is 24.6 Å². The van der Waals surface area contributed by atoms with Gasteiger partial charge in [-0.3, -0.25) is 4.90 Å². The van der Waals surface area contributed by atoms with Crippen LogP contribution in [0.4, 0.5) is 10.1 Å². The summed E-state index contributed by atoms with van der Waals surface area (Å²) in [5.41, 5.74) is 4.70. The molecular weight excluding hydrogens is 503 g/mol. The average molecular weight is 547 g/mol. The number of hydrogen-bond donors (Lipinski definition) is 1. The number of anilines is 1. The third-order valence-corrected chi connectivity index (χ3v) is 7.36. The number of aryl methyl sites for hydroxylation is 2. The Balaban J connectivity index is 0.000000280. The zero-order chi connectivity index (χ0) is 28.7. The fraction of sp³-hybridized carbons (Fsp3) is 0.412. The van der Waals surface area contributed by atoms with Crippen LogP contribution in [0.15, 0.2) is 60.7 Å². The van der Waals surface area contributed by atoms with Gasteiger partial charge in [-0.15, -0.1) is 12.8 Å². The quantitative estimate of drug-likeness (QED) is 0.313. The van der Waals surface area contributed by atoms with Crippen LogP contribution in [0, 0.1) is 18.7 Å². The molecule has 0 amide bonds. The standard InChI is InChI=1S/C22H29FN2O2.C10H12O.C2H2/c1-24(19-7-6-8-20(16-19)26-2)17-18-9-10-22(21(23)15-18)27-14-13-25-11-4-3-5-12-25;11-10-6-5-8-3-1-2-4-9(8)7-10;1-2/h6-10,15-16H,3-5,11-14,17H2,1-2H3;5-7,11H,1-4H2;1-2H. The largest absolute Gasteiger partial charge is 0.508 e. The molecule has 40 heavy (non-hydrogen) atoms. The summed E-state index contributed by atoms with van der Waals surface area (Å²) in [5.74, 6) is 1.25. The first-order chi connectivity index (χ1) is 19.5. The van der Waals surface area contributed by atoms with E-state index in [1.807, 2.05) is 49.5 Å². The van der Waals surface area contributed by atoms with E-state index in [1.165, 1.54) is 49.7 Å². The van der Waals surface area contributed by atoms with Crippen LogP contribution in [0.5, 0.6) is 17.2 Å². The van der Waals surface area contributed by atoms with Gasteiger partial charge >= 0.3 is 0 Å². The van der Waals surface area contributed by atoms with Crippen molar-refractivity contribution in [1.82, 2.24) is 4.90 Å². The van der Waals surface area contributed by atoms with E-state index in [4.69, 9.17) is 9.47 Å². The highest BCUT2D eigenvalue weighted by molar-refractivity contribution is 5.50. The van der Waals surface area contributed by atoms with Gasteiger partial charge in [0.2, 0.25) is 0 Å². The van der Waals surface area contributed by atoms with E-state index in [2.05, 4.69) is 22.6 Å². The number of hydrogen-bond acceptors (Lipinski definition) is 5. The average Bonchev–Trinajstić information content (AvgIpc) is 3.00. The van der Waals surface area contributed by atoms with Gasteiger partial charge in [-0.05, 0) is 105 Å². The summed E-state index contributed by atoms with van der Waals surface area (Å²) in [6.45, 7) is 4.25. The topological polar surface area (TPSA) is 45.2 Å². The number of rotatable bonds is 8. The SMILES string of the molecule is C#C.COc1cccc(N(C)Cc2ccc(OCCN3CCCCC3)c(F)c2)c1.Oc1ccc2c(c1)CCCC2. The van der Waals surface area contributed by atoms with Crippen molar-refractivity contribution >= 4 is 5.69 Å². The molecule has 5 nitrogen and oxygen atoms in total. The second kappa shape index (κ2) is 16.4. The van der Waals surface area contributed by atoms with E-state index >= 15 is 0 Å². The van der Waals surface area contributed by atoms with E-state index < -0.39 is 0 Å². The Morgan fingerprint density at radius 2 is 1.65 bits per heavy atom. The van der Waals surface area contributed by atoms with Gasteiger partial charge in [-0.25, -0.2) is 4.39 Å². The number of benzene rings is 3. The Hall–Kier alpha value is -3.69. The van der Waals surface area contributed by atoms with Crippen LogP contribution in [0.3, 0.4) is 0 Å². The maximum atomic E-state index is 14.4. The van der Waals surface area contributed by atoms with E-state index in [-0.39, 0.29) is 5.82 Å². The molecule has 1 aliphatic carbocycles. The molecule has 5 rings (SSSR count). The van der Waals surface area contributed by atoms with E-state index in [0.29, 0.717) is 24.7 Å². The highest BCUT2D eigenvalue weighted by Gasteiger charge is 2.12. The summed E-state index contributed by atoms with van der Waals surface area (Å²) >= 11 is 0. The lowest BCUT2D eigenvalue weighted by molar-refractivity contribution is 0.180. The molecule has 1 heterocycles. The molecule has 0 spiro atoms. The van der Waals surface area contributed by atoms with Gasteiger partial charge in [0.15, 0.2) is 11.6 Å². The molecule has 1 fully saturated rings. The Morgan fingerprint density at radius 1 is 0.900 bits per heavy atom. The summed E-state index contributed by atoms with van der Waals surface area (Å²) < 4.78 is 25.3. The summed E-state index contributed by atoms with van der Waals surface area (Å²) in [6.07, 6.45) is 16.7. The Morgan fingerprint density at radius 3 is 2.38 bits per heavy atom. The van der Waals surface area contributed by atoms with Crippen LogP contribution in [0.25, 0.3) is 0 Å². The summed E-state index contributed by atoms with van der Waals surface area (Å²) in [7, 11) is 3.63. The number of aromatic hydroxyl groups is 1. The van der Waals surface area contributed by atoms with Crippen molar-refractivity contribution in [3.63, 3.8) is 0 Å². The molecule has 1 saturated heterocycles. The van der Waals surface area contributed by atoms with Gasteiger partial charge in [0, 0.05) is 31.9 Å². The molecule has 0 aromatic heterocycles. The Kier molecular flexibility index (Phi) is 12.7. The number of ether oxygens (including phenoxy) is 2. The van der Waals surface area contributed by atoms with Crippen molar-refractivity contribution < 1.29 is 19.0 Å². The molecule has 0 atom stereocenters. The maximum Gasteiger partial charge on any atom is 0.165 e. The van der Waals surface area contributed by atoms with Crippen molar-refractivity contribution in [3.8, 4) is 30.1 Å². The minimum Gasteiger partial charge on any atom is -0.508 e. The third kappa shape index (κ3) is 9.50.